The molecule has 0 saturated heterocycles. The molecule has 0 heterocycles. The molecule has 0 radical (unpaired) electrons. The number of rotatable bonds is 7. The molecule has 0 aliphatic heterocycles. The third kappa shape index (κ3) is 4.45. The van der Waals surface area contributed by atoms with Crippen molar-refractivity contribution in [2.24, 2.45) is 5.41 Å². The molecular formula is C17H29N. The summed E-state index contributed by atoms with van der Waals surface area (Å²) in [5.74, 6) is 0. The smallest absolute Gasteiger partial charge is 0.0317 e. The Kier molecular flexibility index (Phi) is 5.87. The van der Waals surface area contributed by atoms with Crippen LogP contribution in [0, 0.1) is 5.41 Å². The molecule has 0 aliphatic carbocycles. The Morgan fingerprint density at radius 1 is 1.06 bits per heavy atom. The maximum atomic E-state index is 3.71. The van der Waals surface area contributed by atoms with Crippen LogP contribution in [0.1, 0.15) is 64.6 Å². The summed E-state index contributed by atoms with van der Waals surface area (Å²) < 4.78 is 0. The predicted octanol–water partition coefficient (Wildman–Crippen LogP) is 4.73. The molecule has 0 saturated carbocycles. The molecule has 1 aromatic carbocycles. The minimum absolute atomic E-state index is 0.386. The first-order valence-electron chi connectivity index (χ1n) is 7.34. The quantitative estimate of drug-likeness (QED) is 0.734. The van der Waals surface area contributed by atoms with E-state index in [0.29, 0.717) is 11.5 Å². The molecule has 1 rings (SSSR count). The lowest BCUT2D eigenvalue weighted by atomic mass is 9.89. The van der Waals surface area contributed by atoms with Gasteiger partial charge in [-0.3, -0.25) is 0 Å². The van der Waals surface area contributed by atoms with E-state index in [1.807, 2.05) is 0 Å². The SMILES string of the molecule is CCc1ccc(C(CC)NCC(C)(C)CC)cc1. The van der Waals surface area contributed by atoms with E-state index in [-0.39, 0.29) is 0 Å². The van der Waals surface area contributed by atoms with Gasteiger partial charge >= 0.3 is 0 Å². The number of hydrogen-bond donors (Lipinski definition) is 1. The van der Waals surface area contributed by atoms with E-state index < -0.39 is 0 Å². The zero-order valence-corrected chi connectivity index (χ0v) is 12.7. The molecule has 1 N–H and O–H groups in total. The summed E-state index contributed by atoms with van der Waals surface area (Å²) in [4.78, 5) is 0. The van der Waals surface area contributed by atoms with Crippen molar-refractivity contribution >= 4 is 0 Å². The van der Waals surface area contributed by atoms with E-state index in [1.54, 1.807) is 0 Å². The van der Waals surface area contributed by atoms with Crippen LogP contribution in [-0.4, -0.2) is 6.54 Å². The van der Waals surface area contributed by atoms with E-state index in [1.165, 1.54) is 17.5 Å². The van der Waals surface area contributed by atoms with E-state index >= 15 is 0 Å². The Hall–Kier alpha value is -0.820. The number of benzene rings is 1. The number of nitrogens with one attached hydrogen (secondary N) is 1. The molecule has 0 bridgehead atoms. The molecule has 1 unspecified atom stereocenters. The molecule has 1 heteroatoms. The molecular weight excluding hydrogens is 218 g/mol. The highest BCUT2D eigenvalue weighted by Crippen LogP contribution is 2.22. The third-order valence-electron chi connectivity index (χ3n) is 3.98. The summed E-state index contributed by atoms with van der Waals surface area (Å²) in [5, 5.41) is 3.71. The second-order valence-corrected chi connectivity index (χ2v) is 5.95. The van der Waals surface area contributed by atoms with Crippen molar-refractivity contribution in [2.75, 3.05) is 6.54 Å². The fourth-order valence-corrected chi connectivity index (χ4v) is 2.01. The second-order valence-electron chi connectivity index (χ2n) is 5.95. The van der Waals surface area contributed by atoms with Gasteiger partial charge in [0.25, 0.3) is 0 Å². The van der Waals surface area contributed by atoms with Crippen LogP contribution in [0.4, 0.5) is 0 Å². The topological polar surface area (TPSA) is 12.0 Å². The van der Waals surface area contributed by atoms with Gasteiger partial charge in [-0.1, -0.05) is 58.9 Å². The van der Waals surface area contributed by atoms with Crippen LogP contribution in [0.5, 0.6) is 0 Å². The maximum absolute atomic E-state index is 3.71. The van der Waals surface area contributed by atoms with Crippen LogP contribution < -0.4 is 5.32 Å². The summed E-state index contributed by atoms with van der Waals surface area (Å²) >= 11 is 0. The molecule has 102 valence electrons. The van der Waals surface area contributed by atoms with Gasteiger partial charge in [0.15, 0.2) is 0 Å². The van der Waals surface area contributed by atoms with E-state index in [2.05, 4.69) is 64.2 Å². The minimum atomic E-state index is 0.386. The minimum Gasteiger partial charge on any atom is -0.309 e. The Labute approximate surface area is 113 Å². The summed E-state index contributed by atoms with van der Waals surface area (Å²) in [6, 6.07) is 9.55. The summed E-state index contributed by atoms with van der Waals surface area (Å²) in [5.41, 5.74) is 3.22. The molecule has 0 amide bonds. The Morgan fingerprint density at radius 3 is 2.11 bits per heavy atom. The van der Waals surface area contributed by atoms with Crippen LogP contribution in [0.3, 0.4) is 0 Å². The number of hydrogen-bond acceptors (Lipinski definition) is 1. The third-order valence-corrected chi connectivity index (χ3v) is 3.98. The predicted molar refractivity (Wildman–Crippen MR) is 80.9 cm³/mol. The molecule has 1 nitrogen and oxygen atoms in total. The zero-order valence-electron chi connectivity index (χ0n) is 12.7. The number of aryl methyl sites for hydroxylation is 1. The highest BCUT2D eigenvalue weighted by atomic mass is 14.9. The van der Waals surface area contributed by atoms with Gasteiger partial charge in [-0.2, -0.15) is 0 Å². The summed E-state index contributed by atoms with van der Waals surface area (Å²) in [7, 11) is 0. The second kappa shape index (κ2) is 6.94. The van der Waals surface area contributed by atoms with Gasteiger partial charge in [-0.15, -0.1) is 0 Å². The van der Waals surface area contributed by atoms with Gasteiger partial charge in [0, 0.05) is 12.6 Å². The van der Waals surface area contributed by atoms with Crippen molar-refractivity contribution in [3.63, 3.8) is 0 Å². The van der Waals surface area contributed by atoms with Crippen LogP contribution in [0.2, 0.25) is 0 Å². The Bertz CT molecular complexity index is 337. The van der Waals surface area contributed by atoms with Crippen LogP contribution in [0.15, 0.2) is 24.3 Å². The monoisotopic (exact) mass is 247 g/mol. The first-order chi connectivity index (χ1) is 8.52. The van der Waals surface area contributed by atoms with E-state index in [0.717, 1.165) is 19.4 Å². The van der Waals surface area contributed by atoms with Gasteiger partial charge in [-0.05, 0) is 35.8 Å². The molecule has 0 aromatic heterocycles. The average molecular weight is 247 g/mol. The van der Waals surface area contributed by atoms with Crippen molar-refractivity contribution in [3.8, 4) is 0 Å². The van der Waals surface area contributed by atoms with E-state index in [9.17, 15) is 0 Å². The first-order valence-corrected chi connectivity index (χ1v) is 7.34. The summed E-state index contributed by atoms with van der Waals surface area (Å²) in [6.07, 6.45) is 3.48. The average Bonchev–Trinajstić information content (AvgIpc) is 2.40. The van der Waals surface area contributed by atoms with Gasteiger partial charge in [0.1, 0.15) is 0 Å². The van der Waals surface area contributed by atoms with Crippen molar-refractivity contribution < 1.29 is 0 Å². The largest absolute Gasteiger partial charge is 0.309 e. The summed E-state index contributed by atoms with van der Waals surface area (Å²) in [6.45, 7) is 12.5. The molecule has 0 fully saturated rings. The Balaban J connectivity index is 2.65. The van der Waals surface area contributed by atoms with Crippen molar-refractivity contribution in [1.29, 1.82) is 0 Å². The molecule has 0 aliphatic rings. The van der Waals surface area contributed by atoms with Crippen molar-refractivity contribution in [1.82, 2.24) is 5.32 Å². The standard InChI is InChI=1S/C17H29N/c1-6-14-9-11-15(12-10-14)16(7-2)18-13-17(4,5)8-3/h9-12,16,18H,6-8,13H2,1-5H3. The molecule has 1 aromatic rings. The normalized spacial score (nSPS) is 13.6. The van der Waals surface area contributed by atoms with Crippen LogP contribution >= 0.6 is 0 Å². The zero-order chi connectivity index (χ0) is 13.6. The lowest BCUT2D eigenvalue weighted by Crippen LogP contribution is -2.31. The molecule has 0 spiro atoms. The Morgan fingerprint density at radius 2 is 1.67 bits per heavy atom. The van der Waals surface area contributed by atoms with Crippen LogP contribution in [-0.2, 0) is 6.42 Å². The molecule has 18 heavy (non-hydrogen) atoms. The maximum Gasteiger partial charge on any atom is 0.0317 e. The lowest BCUT2D eigenvalue weighted by molar-refractivity contribution is 0.307. The van der Waals surface area contributed by atoms with E-state index in [4.69, 9.17) is 0 Å². The highest BCUT2D eigenvalue weighted by Gasteiger charge is 2.17. The van der Waals surface area contributed by atoms with Gasteiger partial charge in [0.05, 0.1) is 0 Å². The lowest BCUT2D eigenvalue weighted by Gasteiger charge is -2.27. The van der Waals surface area contributed by atoms with Gasteiger partial charge < -0.3 is 5.32 Å². The van der Waals surface area contributed by atoms with Crippen molar-refractivity contribution in [2.45, 2.75) is 59.9 Å². The first kappa shape index (κ1) is 15.2. The fraction of sp³-hybridized carbons (Fsp3) is 0.647. The highest BCUT2D eigenvalue weighted by molar-refractivity contribution is 5.25. The molecule has 1 atom stereocenters. The van der Waals surface area contributed by atoms with Gasteiger partial charge in [-0.25, -0.2) is 0 Å². The van der Waals surface area contributed by atoms with Crippen LogP contribution in [0.25, 0.3) is 0 Å². The fourth-order valence-electron chi connectivity index (χ4n) is 2.01. The van der Waals surface area contributed by atoms with Gasteiger partial charge in [0.2, 0.25) is 0 Å². The van der Waals surface area contributed by atoms with Crippen molar-refractivity contribution in [3.05, 3.63) is 35.4 Å².